The van der Waals surface area contributed by atoms with E-state index in [2.05, 4.69) is 10.6 Å². The third-order valence-corrected chi connectivity index (χ3v) is 4.21. The third-order valence-electron chi connectivity index (χ3n) is 4.21. The average Bonchev–Trinajstić information content (AvgIpc) is 2.79. The van der Waals surface area contributed by atoms with Crippen molar-refractivity contribution in [2.45, 2.75) is 31.9 Å². The van der Waals surface area contributed by atoms with Gasteiger partial charge in [-0.1, -0.05) is 0 Å². The lowest BCUT2D eigenvalue weighted by Crippen LogP contribution is -2.38. The maximum Gasteiger partial charge on any atom is 0.406 e. The number of nitrogens with one attached hydrogen (secondary N) is 2. The molecule has 2 rings (SSSR count). The molecule has 2 aliphatic heterocycles. The Labute approximate surface area is 127 Å². The molecule has 22 heavy (non-hydrogen) atoms. The molecule has 0 radical (unpaired) electrons. The van der Waals surface area contributed by atoms with Gasteiger partial charge in [0.25, 0.3) is 0 Å². The van der Waals surface area contributed by atoms with Crippen LogP contribution in [0.25, 0.3) is 0 Å². The highest BCUT2D eigenvalue weighted by Gasteiger charge is 2.40. The standard InChI is InChI=1S/C14H22F3N3O2/c15-14(16,17)9-20-8-11(6-12(20)21)13(22)19-5-3-10-2-1-4-18-7-10/h10-11,18H,1-9H2,(H,19,22). The zero-order valence-electron chi connectivity index (χ0n) is 12.4. The van der Waals surface area contributed by atoms with Crippen molar-refractivity contribution in [1.29, 1.82) is 0 Å². The van der Waals surface area contributed by atoms with Gasteiger partial charge in [-0.15, -0.1) is 0 Å². The van der Waals surface area contributed by atoms with Crippen LogP contribution in [-0.2, 0) is 9.59 Å². The summed E-state index contributed by atoms with van der Waals surface area (Å²) in [5, 5.41) is 6.04. The Morgan fingerprint density at radius 1 is 1.41 bits per heavy atom. The van der Waals surface area contributed by atoms with Crippen molar-refractivity contribution in [2.24, 2.45) is 11.8 Å². The van der Waals surface area contributed by atoms with E-state index < -0.39 is 24.5 Å². The van der Waals surface area contributed by atoms with E-state index in [9.17, 15) is 22.8 Å². The van der Waals surface area contributed by atoms with Crippen LogP contribution >= 0.6 is 0 Å². The highest BCUT2D eigenvalue weighted by atomic mass is 19.4. The number of piperidine rings is 1. The molecule has 0 aromatic rings. The van der Waals surface area contributed by atoms with Crippen LogP contribution in [0.15, 0.2) is 0 Å². The normalized spacial score (nSPS) is 26.3. The van der Waals surface area contributed by atoms with Crippen LogP contribution in [-0.4, -0.2) is 55.6 Å². The number of hydrogen-bond acceptors (Lipinski definition) is 3. The Kier molecular flexibility index (Phi) is 5.66. The van der Waals surface area contributed by atoms with Gasteiger partial charge in [-0.2, -0.15) is 13.2 Å². The molecule has 2 amide bonds. The molecule has 2 saturated heterocycles. The Morgan fingerprint density at radius 2 is 2.18 bits per heavy atom. The smallest absolute Gasteiger partial charge is 0.356 e. The van der Waals surface area contributed by atoms with E-state index in [-0.39, 0.29) is 18.9 Å². The van der Waals surface area contributed by atoms with Gasteiger partial charge in [-0.25, -0.2) is 0 Å². The van der Waals surface area contributed by atoms with Crippen LogP contribution in [0.4, 0.5) is 13.2 Å². The summed E-state index contributed by atoms with van der Waals surface area (Å²) < 4.78 is 37.0. The fourth-order valence-electron chi connectivity index (χ4n) is 3.03. The fraction of sp³-hybridized carbons (Fsp3) is 0.857. The molecule has 0 aromatic heterocycles. The number of carbonyl (C=O) groups excluding carboxylic acids is 2. The number of alkyl halides is 3. The van der Waals surface area contributed by atoms with Crippen LogP contribution < -0.4 is 10.6 Å². The quantitative estimate of drug-likeness (QED) is 0.791. The summed E-state index contributed by atoms with van der Waals surface area (Å²) in [6.07, 6.45) is -1.44. The molecule has 2 fully saturated rings. The molecule has 126 valence electrons. The first-order valence-corrected chi connectivity index (χ1v) is 7.68. The molecule has 5 nitrogen and oxygen atoms in total. The summed E-state index contributed by atoms with van der Waals surface area (Å²) in [4.78, 5) is 24.2. The van der Waals surface area contributed by atoms with Crippen molar-refractivity contribution in [1.82, 2.24) is 15.5 Å². The van der Waals surface area contributed by atoms with Crippen LogP contribution in [0.3, 0.4) is 0 Å². The second-order valence-corrected chi connectivity index (χ2v) is 6.08. The van der Waals surface area contributed by atoms with Crippen molar-refractivity contribution >= 4 is 11.8 Å². The van der Waals surface area contributed by atoms with Crippen molar-refractivity contribution in [3.8, 4) is 0 Å². The summed E-state index contributed by atoms with van der Waals surface area (Å²) in [5.74, 6) is -1.06. The largest absolute Gasteiger partial charge is 0.406 e. The van der Waals surface area contributed by atoms with Gasteiger partial charge in [0.05, 0.1) is 5.92 Å². The van der Waals surface area contributed by atoms with Gasteiger partial charge in [-0.3, -0.25) is 9.59 Å². The van der Waals surface area contributed by atoms with Crippen LogP contribution in [0.1, 0.15) is 25.7 Å². The number of halogens is 3. The number of carbonyl (C=O) groups is 2. The second kappa shape index (κ2) is 7.30. The zero-order chi connectivity index (χ0) is 16.2. The van der Waals surface area contributed by atoms with Crippen molar-refractivity contribution < 1.29 is 22.8 Å². The van der Waals surface area contributed by atoms with E-state index in [4.69, 9.17) is 0 Å². The number of amides is 2. The minimum absolute atomic E-state index is 0.132. The lowest BCUT2D eigenvalue weighted by atomic mass is 9.96. The van der Waals surface area contributed by atoms with E-state index in [0.29, 0.717) is 12.5 Å². The summed E-state index contributed by atoms with van der Waals surface area (Å²) in [7, 11) is 0. The SMILES string of the molecule is O=C(NCCC1CCCNC1)C1CC(=O)N(CC(F)(F)F)C1. The van der Waals surface area contributed by atoms with E-state index >= 15 is 0 Å². The molecule has 0 aliphatic carbocycles. The molecule has 2 heterocycles. The molecular weight excluding hydrogens is 299 g/mol. The van der Waals surface area contributed by atoms with E-state index in [0.717, 1.165) is 37.3 Å². The molecule has 0 spiro atoms. The topological polar surface area (TPSA) is 61.4 Å². The molecule has 0 aromatic carbocycles. The molecular formula is C14H22F3N3O2. The lowest BCUT2D eigenvalue weighted by molar-refractivity contribution is -0.157. The van der Waals surface area contributed by atoms with Crippen molar-refractivity contribution in [3.05, 3.63) is 0 Å². The Hall–Kier alpha value is -1.31. The summed E-state index contributed by atoms with van der Waals surface area (Å²) in [6.45, 7) is 1.06. The number of nitrogens with zero attached hydrogens (tertiary/aromatic N) is 1. The molecule has 0 bridgehead atoms. The number of hydrogen-bond donors (Lipinski definition) is 2. The van der Waals surface area contributed by atoms with Crippen LogP contribution in [0.2, 0.25) is 0 Å². The van der Waals surface area contributed by atoms with Gasteiger partial charge in [0.1, 0.15) is 6.54 Å². The lowest BCUT2D eigenvalue weighted by Gasteiger charge is -2.23. The maximum absolute atomic E-state index is 12.3. The molecule has 2 atom stereocenters. The first-order valence-electron chi connectivity index (χ1n) is 7.68. The van der Waals surface area contributed by atoms with Gasteiger partial charge in [-0.05, 0) is 38.3 Å². The highest BCUT2D eigenvalue weighted by molar-refractivity contribution is 5.89. The van der Waals surface area contributed by atoms with E-state index in [1.54, 1.807) is 0 Å². The minimum atomic E-state index is -4.42. The molecule has 0 saturated carbocycles. The maximum atomic E-state index is 12.3. The average molecular weight is 321 g/mol. The van der Waals surface area contributed by atoms with Gasteiger partial charge < -0.3 is 15.5 Å². The van der Waals surface area contributed by atoms with Crippen molar-refractivity contribution in [2.75, 3.05) is 32.7 Å². The number of rotatable bonds is 5. The predicted molar refractivity (Wildman–Crippen MR) is 74.0 cm³/mol. The van der Waals surface area contributed by atoms with E-state index in [1.165, 1.54) is 0 Å². The first-order chi connectivity index (χ1) is 10.3. The van der Waals surface area contributed by atoms with E-state index in [1.807, 2.05) is 0 Å². The van der Waals surface area contributed by atoms with Gasteiger partial charge >= 0.3 is 6.18 Å². The summed E-state index contributed by atoms with van der Waals surface area (Å²) in [5.41, 5.74) is 0. The zero-order valence-corrected chi connectivity index (χ0v) is 12.4. The first kappa shape index (κ1) is 17.1. The Bertz CT molecular complexity index is 409. The second-order valence-electron chi connectivity index (χ2n) is 6.08. The minimum Gasteiger partial charge on any atom is -0.356 e. The monoisotopic (exact) mass is 321 g/mol. The molecule has 2 aliphatic rings. The summed E-state index contributed by atoms with van der Waals surface area (Å²) >= 11 is 0. The van der Waals surface area contributed by atoms with Crippen molar-refractivity contribution in [3.63, 3.8) is 0 Å². The molecule has 8 heteroatoms. The summed E-state index contributed by atoms with van der Waals surface area (Å²) in [6, 6.07) is 0. The number of likely N-dealkylation sites (tertiary alicyclic amines) is 1. The van der Waals surface area contributed by atoms with Gasteiger partial charge in [0.2, 0.25) is 11.8 Å². The third kappa shape index (κ3) is 5.15. The van der Waals surface area contributed by atoms with Gasteiger partial charge in [0.15, 0.2) is 0 Å². The Morgan fingerprint density at radius 3 is 2.82 bits per heavy atom. The molecule has 2 unspecified atom stereocenters. The predicted octanol–water partition coefficient (Wildman–Crippen LogP) is 0.903. The Balaban J connectivity index is 1.70. The van der Waals surface area contributed by atoms with Crippen LogP contribution in [0.5, 0.6) is 0 Å². The highest BCUT2D eigenvalue weighted by Crippen LogP contribution is 2.24. The van der Waals surface area contributed by atoms with Crippen LogP contribution in [0, 0.1) is 11.8 Å². The fourth-order valence-corrected chi connectivity index (χ4v) is 3.03. The van der Waals surface area contributed by atoms with Gasteiger partial charge in [0, 0.05) is 19.5 Å². The molecule has 2 N–H and O–H groups in total.